The molecule has 1 fully saturated rings. The summed E-state index contributed by atoms with van der Waals surface area (Å²) in [4.78, 5) is 2.02. The van der Waals surface area contributed by atoms with Gasteiger partial charge in [0, 0.05) is 26.2 Å². The SMILES string of the molecule is Cn1nncc1CN1C[C@@H](O)C[C@H]1c1ccc(F)c(F)c1. The molecular weight excluding hydrogens is 278 g/mol. The van der Waals surface area contributed by atoms with Gasteiger partial charge in [-0.25, -0.2) is 8.78 Å². The molecule has 1 saturated heterocycles. The minimum absolute atomic E-state index is 0.148. The highest BCUT2D eigenvalue weighted by Crippen LogP contribution is 2.33. The number of halogens is 2. The molecule has 0 bridgehead atoms. The van der Waals surface area contributed by atoms with E-state index in [0.29, 0.717) is 25.1 Å². The van der Waals surface area contributed by atoms with Crippen LogP contribution in [0.5, 0.6) is 0 Å². The van der Waals surface area contributed by atoms with Gasteiger partial charge in [-0.1, -0.05) is 11.3 Å². The van der Waals surface area contributed by atoms with Gasteiger partial charge in [-0.3, -0.25) is 9.58 Å². The Balaban J connectivity index is 1.85. The molecule has 0 spiro atoms. The molecule has 1 aromatic heterocycles. The predicted molar refractivity (Wildman–Crippen MR) is 71.1 cm³/mol. The minimum Gasteiger partial charge on any atom is -0.392 e. The van der Waals surface area contributed by atoms with E-state index < -0.39 is 17.7 Å². The van der Waals surface area contributed by atoms with Gasteiger partial charge in [-0.05, 0) is 24.1 Å². The number of nitrogens with zero attached hydrogens (tertiary/aromatic N) is 4. The fourth-order valence-electron chi connectivity index (χ4n) is 2.78. The van der Waals surface area contributed by atoms with Gasteiger partial charge in [0.1, 0.15) is 0 Å². The predicted octanol–water partition coefficient (Wildman–Crippen LogP) is 1.40. The summed E-state index contributed by atoms with van der Waals surface area (Å²) in [6.45, 7) is 1.03. The number of rotatable bonds is 3. The summed E-state index contributed by atoms with van der Waals surface area (Å²) in [6, 6.07) is 3.74. The van der Waals surface area contributed by atoms with Crippen LogP contribution in [0, 0.1) is 11.6 Å². The molecule has 0 saturated carbocycles. The lowest BCUT2D eigenvalue weighted by Gasteiger charge is -2.24. The van der Waals surface area contributed by atoms with Gasteiger partial charge in [0.15, 0.2) is 11.6 Å². The third-order valence-electron chi connectivity index (χ3n) is 3.88. The van der Waals surface area contributed by atoms with Crippen LogP contribution < -0.4 is 0 Å². The number of benzene rings is 1. The number of aromatic nitrogens is 3. The molecule has 0 aliphatic carbocycles. The zero-order valence-electron chi connectivity index (χ0n) is 11.6. The first-order valence-corrected chi connectivity index (χ1v) is 6.75. The average Bonchev–Trinajstić information content (AvgIpc) is 3.00. The monoisotopic (exact) mass is 294 g/mol. The summed E-state index contributed by atoms with van der Waals surface area (Å²) in [5, 5.41) is 17.6. The topological polar surface area (TPSA) is 54.2 Å². The van der Waals surface area contributed by atoms with Crippen LogP contribution >= 0.6 is 0 Å². The van der Waals surface area contributed by atoms with Crippen LogP contribution in [-0.2, 0) is 13.6 Å². The van der Waals surface area contributed by atoms with Crippen LogP contribution in [0.3, 0.4) is 0 Å². The molecule has 2 aromatic rings. The van der Waals surface area contributed by atoms with Crippen molar-refractivity contribution < 1.29 is 13.9 Å². The molecule has 0 unspecified atom stereocenters. The molecule has 7 heteroatoms. The first-order valence-electron chi connectivity index (χ1n) is 6.75. The highest BCUT2D eigenvalue weighted by Gasteiger charge is 2.32. The Bertz CT molecular complexity index is 646. The largest absolute Gasteiger partial charge is 0.392 e. The zero-order valence-corrected chi connectivity index (χ0v) is 11.6. The van der Waals surface area contributed by atoms with Crippen molar-refractivity contribution >= 4 is 0 Å². The number of hydrogen-bond acceptors (Lipinski definition) is 4. The second-order valence-corrected chi connectivity index (χ2v) is 5.36. The van der Waals surface area contributed by atoms with E-state index in [2.05, 4.69) is 10.3 Å². The molecule has 1 aliphatic heterocycles. The Kier molecular flexibility index (Phi) is 3.69. The molecule has 112 valence electrons. The smallest absolute Gasteiger partial charge is 0.159 e. The quantitative estimate of drug-likeness (QED) is 0.930. The van der Waals surface area contributed by atoms with Crippen molar-refractivity contribution in [1.29, 1.82) is 0 Å². The minimum atomic E-state index is -0.865. The third-order valence-corrected chi connectivity index (χ3v) is 3.88. The van der Waals surface area contributed by atoms with Crippen molar-refractivity contribution in [3.05, 3.63) is 47.3 Å². The third kappa shape index (κ3) is 2.79. The molecule has 0 radical (unpaired) electrons. The Morgan fingerprint density at radius 1 is 1.33 bits per heavy atom. The molecule has 2 heterocycles. The fourth-order valence-corrected chi connectivity index (χ4v) is 2.78. The summed E-state index contributed by atoms with van der Waals surface area (Å²) >= 11 is 0. The highest BCUT2D eigenvalue weighted by molar-refractivity contribution is 5.23. The molecule has 21 heavy (non-hydrogen) atoms. The first-order chi connectivity index (χ1) is 10.0. The van der Waals surface area contributed by atoms with E-state index >= 15 is 0 Å². The van der Waals surface area contributed by atoms with Gasteiger partial charge in [0.05, 0.1) is 18.0 Å². The normalized spacial score (nSPS) is 22.9. The van der Waals surface area contributed by atoms with E-state index in [1.807, 2.05) is 4.90 Å². The van der Waals surface area contributed by atoms with E-state index in [4.69, 9.17) is 0 Å². The van der Waals surface area contributed by atoms with Gasteiger partial charge >= 0.3 is 0 Å². The Morgan fingerprint density at radius 3 is 2.81 bits per heavy atom. The Labute approximate surface area is 120 Å². The lowest BCUT2D eigenvalue weighted by Crippen LogP contribution is -2.25. The number of hydrogen-bond donors (Lipinski definition) is 1. The van der Waals surface area contributed by atoms with Crippen LogP contribution in [0.1, 0.15) is 23.7 Å². The van der Waals surface area contributed by atoms with Crippen molar-refractivity contribution in [2.75, 3.05) is 6.54 Å². The van der Waals surface area contributed by atoms with Crippen LogP contribution in [0.15, 0.2) is 24.4 Å². The molecule has 1 aromatic carbocycles. The van der Waals surface area contributed by atoms with Crippen molar-refractivity contribution in [2.45, 2.75) is 25.1 Å². The van der Waals surface area contributed by atoms with Gasteiger partial charge in [0.25, 0.3) is 0 Å². The van der Waals surface area contributed by atoms with E-state index in [1.165, 1.54) is 6.07 Å². The summed E-state index contributed by atoms with van der Waals surface area (Å²) < 4.78 is 28.1. The molecule has 1 aliphatic rings. The molecular formula is C14H16F2N4O. The van der Waals surface area contributed by atoms with Crippen molar-refractivity contribution in [3.8, 4) is 0 Å². The highest BCUT2D eigenvalue weighted by atomic mass is 19.2. The molecule has 5 nitrogen and oxygen atoms in total. The maximum atomic E-state index is 13.4. The Morgan fingerprint density at radius 2 is 2.14 bits per heavy atom. The fraction of sp³-hybridized carbons (Fsp3) is 0.429. The standard InChI is InChI=1S/C14H16F2N4O/c1-19-10(6-17-18-19)7-20-8-11(21)5-14(20)9-2-3-12(15)13(16)4-9/h2-4,6,11,14,21H,5,7-8H2,1H3/t11-,14-/m0/s1. The Hall–Kier alpha value is -1.86. The van der Waals surface area contributed by atoms with Crippen LogP contribution in [0.25, 0.3) is 0 Å². The van der Waals surface area contributed by atoms with Gasteiger partial charge in [-0.15, -0.1) is 5.10 Å². The number of β-amino-alcohol motifs (C(OH)–C–C–N with tert-alkyl or cyclic N) is 1. The lowest BCUT2D eigenvalue weighted by molar-refractivity contribution is 0.171. The van der Waals surface area contributed by atoms with E-state index in [1.54, 1.807) is 24.0 Å². The number of likely N-dealkylation sites (tertiary alicyclic amines) is 1. The van der Waals surface area contributed by atoms with Gasteiger partial charge < -0.3 is 5.11 Å². The molecule has 1 N–H and O–H groups in total. The van der Waals surface area contributed by atoms with E-state index in [0.717, 1.165) is 11.8 Å². The average molecular weight is 294 g/mol. The second-order valence-electron chi connectivity index (χ2n) is 5.36. The molecule has 3 rings (SSSR count). The van der Waals surface area contributed by atoms with Crippen LogP contribution in [0.4, 0.5) is 8.78 Å². The maximum absolute atomic E-state index is 13.4. The van der Waals surface area contributed by atoms with Crippen molar-refractivity contribution in [2.24, 2.45) is 7.05 Å². The van der Waals surface area contributed by atoms with E-state index in [-0.39, 0.29) is 6.04 Å². The first kappa shape index (κ1) is 14.1. The maximum Gasteiger partial charge on any atom is 0.159 e. The molecule has 0 amide bonds. The second kappa shape index (κ2) is 5.50. The summed E-state index contributed by atoms with van der Waals surface area (Å²) in [6.07, 6.45) is 1.67. The summed E-state index contributed by atoms with van der Waals surface area (Å²) in [5.74, 6) is -1.73. The number of aliphatic hydroxyl groups excluding tert-OH is 1. The number of aryl methyl sites for hydroxylation is 1. The molecule has 2 atom stereocenters. The van der Waals surface area contributed by atoms with Gasteiger partial charge in [0.2, 0.25) is 0 Å². The van der Waals surface area contributed by atoms with Crippen molar-refractivity contribution in [3.63, 3.8) is 0 Å². The number of aliphatic hydroxyl groups is 1. The van der Waals surface area contributed by atoms with Crippen LogP contribution in [-0.4, -0.2) is 37.6 Å². The lowest BCUT2D eigenvalue weighted by atomic mass is 10.0. The van der Waals surface area contributed by atoms with Gasteiger partial charge in [-0.2, -0.15) is 0 Å². The van der Waals surface area contributed by atoms with Crippen molar-refractivity contribution in [1.82, 2.24) is 19.9 Å². The summed E-state index contributed by atoms with van der Waals surface area (Å²) in [5.41, 5.74) is 1.57. The van der Waals surface area contributed by atoms with Crippen LogP contribution in [0.2, 0.25) is 0 Å². The zero-order chi connectivity index (χ0) is 15.0. The summed E-state index contributed by atoms with van der Waals surface area (Å²) in [7, 11) is 1.79. The van der Waals surface area contributed by atoms with E-state index in [9.17, 15) is 13.9 Å².